The van der Waals surface area contributed by atoms with Gasteiger partial charge in [0.15, 0.2) is 0 Å². The Morgan fingerprint density at radius 2 is 2.04 bits per heavy atom. The molecule has 23 heavy (non-hydrogen) atoms. The molecule has 0 saturated carbocycles. The molecule has 0 bridgehead atoms. The second-order valence-corrected chi connectivity index (χ2v) is 6.53. The number of thiophene rings is 1. The van der Waals surface area contributed by atoms with Crippen LogP contribution in [0.1, 0.15) is 27.5 Å². The lowest BCUT2D eigenvalue weighted by Crippen LogP contribution is -2.10. The predicted molar refractivity (Wildman–Crippen MR) is 92.4 cm³/mol. The van der Waals surface area contributed by atoms with Crippen molar-refractivity contribution in [3.05, 3.63) is 52.7 Å². The molecule has 6 heteroatoms. The first-order valence-corrected chi connectivity index (χ1v) is 8.24. The van der Waals surface area contributed by atoms with Crippen LogP contribution < -0.4 is 5.32 Å². The van der Waals surface area contributed by atoms with Crippen molar-refractivity contribution < 1.29 is 9.90 Å². The summed E-state index contributed by atoms with van der Waals surface area (Å²) >= 11 is 1.48. The number of hydrogen-bond acceptors (Lipinski definition) is 5. The van der Waals surface area contributed by atoms with Crippen LogP contribution in [0.5, 0.6) is 0 Å². The molecule has 3 aromatic rings. The molecule has 0 atom stereocenters. The average Bonchev–Trinajstić information content (AvgIpc) is 2.92. The SMILES string of the molecule is Cc1cc2c(NCCCc3ccccc3)nc(C(=O)O)nc2s1. The molecule has 2 N–H and O–H groups in total. The van der Waals surface area contributed by atoms with Crippen molar-refractivity contribution >= 4 is 33.3 Å². The molecule has 5 nitrogen and oxygen atoms in total. The number of hydrogen-bond donors (Lipinski definition) is 2. The second kappa shape index (κ2) is 6.75. The van der Waals surface area contributed by atoms with Crippen molar-refractivity contribution in [3.8, 4) is 0 Å². The average molecular weight is 327 g/mol. The van der Waals surface area contributed by atoms with Crippen LogP contribution in [-0.2, 0) is 6.42 Å². The van der Waals surface area contributed by atoms with Gasteiger partial charge in [-0.2, -0.15) is 0 Å². The van der Waals surface area contributed by atoms with Gasteiger partial charge in [-0.15, -0.1) is 11.3 Å². The van der Waals surface area contributed by atoms with Crippen LogP contribution in [0.25, 0.3) is 10.2 Å². The summed E-state index contributed by atoms with van der Waals surface area (Å²) in [6.45, 7) is 2.71. The molecule has 118 valence electrons. The number of benzene rings is 1. The highest BCUT2D eigenvalue weighted by molar-refractivity contribution is 7.18. The third-order valence-corrected chi connectivity index (χ3v) is 4.43. The van der Waals surface area contributed by atoms with Gasteiger partial charge in [-0.25, -0.2) is 14.8 Å². The Kier molecular flexibility index (Phi) is 4.52. The maximum Gasteiger partial charge on any atom is 0.374 e. The smallest absolute Gasteiger partial charge is 0.374 e. The zero-order valence-electron chi connectivity index (χ0n) is 12.7. The van der Waals surface area contributed by atoms with Gasteiger partial charge in [0.05, 0.1) is 5.39 Å². The van der Waals surface area contributed by atoms with Crippen molar-refractivity contribution in [2.45, 2.75) is 19.8 Å². The molecule has 0 spiro atoms. The number of nitrogens with zero attached hydrogens (tertiary/aromatic N) is 2. The highest BCUT2D eigenvalue weighted by atomic mass is 32.1. The second-order valence-electron chi connectivity index (χ2n) is 5.29. The Bertz CT molecular complexity index is 830. The monoisotopic (exact) mass is 327 g/mol. The number of rotatable bonds is 6. The first kappa shape index (κ1) is 15.4. The Labute approximate surface area is 138 Å². The number of anilines is 1. The van der Waals surface area contributed by atoms with Gasteiger partial charge in [-0.05, 0) is 31.4 Å². The van der Waals surface area contributed by atoms with Crippen LogP contribution >= 0.6 is 11.3 Å². The number of fused-ring (bicyclic) bond motifs is 1. The van der Waals surface area contributed by atoms with E-state index in [1.54, 1.807) is 0 Å². The number of carboxylic acids is 1. The molecule has 0 aliphatic rings. The van der Waals surface area contributed by atoms with Gasteiger partial charge in [0.1, 0.15) is 10.6 Å². The summed E-state index contributed by atoms with van der Waals surface area (Å²) in [5, 5.41) is 13.3. The minimum atomic E-state index is -1.11. The molecule has 0 fully saturated rings. The quantitative estimate of drug-likeness (QED) is 0.675. The summed E-state index contributed by atoms with van der Waals surface area (Å²) in [7, 11) is 0. The van der Waals surface area contributed by atoms with Crippen molar-refractivity contribution in [3.63, 3.8) is 0 Å². The lowest BCUT2D eigenvalue weighted by molar-refractivity contribution is 0.0684. The van der Waals surface area contributed by atoms with Gasteiger partial charge >= 0.3 is 5.97 Å². The maximum atomic E-state index is 11.2. The van der Waals surface area contributed by atoms with E-state index in [9.17, 15) is 4.79 Å². The molecule has 3 rings (SSSR count). The third kappa shape index (κ3) is 3.65. The lowest BCUT2D eigenvalue weighted by atomic mass is 10.1. The zero-order chi connectivity index (χ0) is 16.2. The maximum absolute atomic E-state index is 11.2. The van der Waals surface area contributed by atoms with Crippen molar-refractivity contribution in [1.82, 2.24) is 9.97 Å². The zero-order valence-corrected chi connectivity index (χ0v) is 13.6. The van der Waals surface area contributed by atoms with Gasteiger partial charge in [-0.3, -0.25) is 0 Å². The largest absolute Gasteiger partial charge is 0.475 e. The number of aryl methyl sites for hydroxylation is 2. The number of aromatic carboxylic acids is 1. The number of nitrogens with one attached hydrogen (secondary N) is 1. The highest BCUT2D eigenvalue weighted by Crippen LogP contribution is 2.28. The molecule has 1 aromatic carbocycles. The van der Waals surface area contributed by atoms with Crippen LogP contribution in [0.4, 0.5) is 5.82 Å². The van der Waals surface area contributed by atoms with Crippen LogP contribution in [0.15, 0.2) is 36.4 Å². The van der Waals surface area contributed by atoms with Crippen LogP contribution in [0.3, 0.4) is 0 Å². The summed E-state index contributed by atoms with van der Waals surface area (Å²) in [5.41, 5.74) is 1.29. The molecule has 0 amide bonds. The molecule has 0 aliphatic heterocycles. The van der Waals surface area contributed by atoms with Gasteiger partial charge in [0, 0.05) is 11.4 Å². The van der Waals surface area contributed by atoms with Crippen LogP contribution in [0, 0.1) is 6.92 Å². The van der Waals surface area contributed by atoms with Gasteiger partial charge in [0.25, 0.3) is 0 Å². The van der Waals surface area contributed by atoms with E-state index >= 15 is 0 Å². The molecule has 0 unspecified atom stereocenters. The number of carboxylic acid groups (broad SMARTS) is 1. The fourth-order valence-electron chi connectivity index (χ4n) is 2.42. The van der Waals surface area contributed by atoms with E-state index in [1.165, 1.54) is 16.9 Å². The first-order valence-electron chi connectivity index (χ1n) is 7.43. The first-order chi connectivity index (χ1) is 11.1. The van der Waals surface area contributed by atoms with Gasteiger partial charge in [0.2, 0.25) is 5.82 Å². The summed E-state index contributed by atoms with van der Waals surface area (Å²) in [6, 6.07) is 12.3. The molecule has 2 aromatic heterocycles. The normalized spacial score (nSPS) is 10.8. The number of carbonyl (C=O) groups is 1. The van der Waals surface area contributed by atoms with Gasteiger partial charge in [-0.1, -0.05) is 30.3 Å². The summed E-state index contributed by atoms with van der Waals surface area (Å²) in [4.78, 5) is 21.2. The van der Waals surface area contributed by atoms with Crippen molar-refractivity contribution in [1.29, 1.82) is 0 Å². The Hall–Kier alpha value is -2.47. The van der Waals surface area contributed by atoms with Crippen LogP contribution in [-0.4, -0.2) is 27.6 Å². The molecule has 0 aliphatic carbocycles. The number of aromatic nitrogens is 2. The molecule has 0 saturated heterocycles. The Morgan fingerprint density at radius 3 is 2.78 bits per heavy atom. The minimum absolute atomic E-state index is 0.162. The summed E-state index contributed by atoms with van der Waals surface area (Å²) < 4.78 is 0. The van der Waals surface area contributed by atoms with Crippen molar-refractivity contribution in [2.24, 2.45) is 0 Å². The molecular formula is C17H17N3O2S. The van der Waals surface area contributed by atoms with Crippen molar-refractivity contribution in [2.75, 3.05) is 11.9 Å². The predicted octanol–water partition coefficient (Wildman–Crippen LogP) is 3.74. The Balaban J connectivity index is 1.72. The van der Waals surface area contributed by atoms with E-state index < -0.39 is 5.97 Å². The molecular weight excluding hydrogens is 310 g/mol. The van der Waals surface area contributed by atoms with Crippen LogP contribution in [0.2, 0.25) is 0 Å². The summed E-state index contributed by atoms with van der Waals surface area (Å²) in [6.07, 6.45) is 1.91. The van der Waals surface area contributed by atoms with E-state index in [0.717, 1.165) is 29.6 Å². The molecule has 0 radical (unpaired) electrons. The fourth-order valence-corrected chi connectivity index (χ4v) is 3.30. The fraction of sp³-hybridized carbons (Fsp3) is 0.235. The van der Waals surface area contributed by atoms with E-state index in [1.807, 2.05) is 31.2 Å². The lowest BCUT2D eigenvalue weighted by Gasteiger charge is -2.07. The topological polar surface area (TPSA) is 75.1 Å². The molecule has 2 heterocycles. The van der Waals surface area contributed by atoms with E-state index in [2.05, 4.69) is 27.4 Å². The van der Waals surface area contributed by atoms with E-state index in [0.29, 0.717) is 10.6 Å². The summed E-state index contributed by atoms with van der Waals surface area (Å²) in [5.74, 6) is -0.667. The van der Waals surface area contributed by atoms with E-state index in [4.69, 9.17) is 5.11 Å². The van der Waals surface area contributed by atoms with E-state index in [-0.39, 0.29) is 5.82 Å². The third-order valence-electron chi connectivity index (χ3n) is 3.48. The van der Waals surface area contributed by atoms with Gasteiger partial charge < -0.3 is 10.4 Å². The minimum Gasteiger partial charge on any atom is -0.475 e. The standard InChI is InChI=1S/C17H17N3O2S/c1-11-10-13-14(19-15(17(21)22)20-16(13)23-11)18-9-5-8-12-6-3-2-4-7-12/h2-4,6-7,10H,5,8-9H2,1H3,(H,21,22)(H,18,19,20). The Morgan fingerprint density at radius 1 is 1.26 bits per heavy atom. The highest BCUT2D eigenvalue weighted by Gasteiger charge is 2.14.